The summed E-state index contributed by atoms with van der Waals surface area (Å²) in [6, 6.07) is 10.1. The van der Waals surface area contributed by atoms with Crippen molar-refractivity contribution in [2.45, 2.75) is 32.7 Å². The first-order valence-electron chi connectivity index (χ1n) is 7.75. The van der Waals surface area contributed by atoms with Gasteiger partial charge in [-0.15, -0.1) is 0 Å². The molecule has 4 nitrogen and oxygen atoms in total. The maximum absolute atomic E-state index is 12.1. The molecule has 4 heteroatoms. The van der Waals surface area contributed by atoms with Crippen LogP contribution in [0.3, 0.4) is 0 Å². The minimum Gasteiger partial charge on any atom is -0.465 e. The van der Waals surface area contributed by atoms with Crippen molar-refractivity contribution in [2.24, 2.45) is 0 Å². The van der Waals surface area contributed by atoms with Crippen molar-refractivity contribution in [3.63, 3.8) is 0 Å². The quantitative estimate of drug-likeness (QED) is 0.922. The van der Waals surface area contributed by atoms with Crippen LogP contribution in [0, 0.1) is 6.92 Å². The van der Waals surface area contributed by atoms with Gasteiger partial charge < -0.3 is 9.73 Å². The predicted molar refractivity (Wildman–Crippen MR) is 86.9 cm³/mol. The number of hydrogen-bond donors (Lipinski definition) is 1. The van der Waals surface area contributed by atoms with Gasteiger partial charge in [-0.2, -0.15) is 0 Å². The molecule has 3 rings (SSSR count). The van der Waals surface area contributed by atoms with E-state index in [-0.39, 0.29) is 5.91 Å². The summed E-state index contributed by atoms with van der Waals surface area (Å²) in [5.74, 6) is 1.78. The fourth-order valence-electron chi connectivity index (χ4n) is 2.99. The van der Waals surface area contributed by atoms with Crippen LogP contribution < -0.4 is 5.32 Å². The van der Waals surface area contributed by atoms with Gasteiger partial charge in [0.1, 0.15) is 11.5 Å². The fourth-order valence-corrected chi connectivity index (χ4v) is 2.99. The minimum absolute atomic E-state index is 0.00345. The summed E-state index contributed by atoms with van der Waals surface area (Å²) in [6.07, 6.45) is 3.50. The molecule has 0 aliphatic heterocycles. The van der Waals surface area contributed by atoms with Crippen molar-refractivity contribution in [3.8, 4) is 0 Å². The van der Waals surface area contributed by atoms with Crippen LogP contribution in [0.25, 0.3) is 0 Å². The molecule has 116 valence electrons. The van der Waals surface area contributed by atoms with E-state index in [2.05, 4.69) is 17.4 Å². The van der Waals surface area contributed by atoms with Crippen LogP contribution in [0.1, 0.15) is 29.1 Å². The molecule has 1 aromatic carbocycles. The van der Waals surface area contributed by atoms with Crippen LogP contribution in [0.4, 0.5) is 5.69 Å². The summed E-state index contributed by atoms with van der Waals surface area (Å²) in [4.78, 5) is 14.1. The normalized spacial score (nSPS) is 13.4. The molecule has 1 amide bonds. The van der Waals surface area contributed by atoms with E-state index in [4.69, 9.17) is 4.42 Å². The third kappa shape index (κ3) is 3.57. The predicted octanol–water partition coefficient (Wildman–Crippen LogP) is 3.15. The number of likely N-dealkylation sites (N-methyl/N-ethyl adjacent to an activating group) is 1. The molecule has 0 atom stereocenters. The second kappa shape index (κ2) is 6.36. The van der Waals surface area contributed by atoms with Crippen molar-refractivity contribution in [3.05, 3.63) is 53.0 Å². The molecule has 0 unspecified atom stereocenters. The molecule has 0 fully saturated rings. The number of aryl methyl sites for hydroxylation is 3. The van der Waals surface area contributed by atoms with Crippen LogP contribution in [0.2, 0.25) is 0 Å². The molecule has 0 saturated heterocycles. The van der Waals surface area contributed by atoms with Crippen molar-refractivity contribution in [1.82, 2.24) is 4.90 Å². The zero-order valence-corrected chi connectivity index (χ0v) is 13.2. The summed E-state index contributed by atoms with van der Waals surface area (Å²) >= 11 is 0. The lowest BCUT2D eigenvalue weighted by molar-refractivity contribution is -0.117. The molecule has 1 aliphatic carbocycles. The number of anilines is 1. The van der Waals surface area contributed by atoms with Crippen LogP contribution >= 0.6 is 0 Å². The SMILES string of the molecule is Cc1ccc(CN(C)CC(=O)Nc2ccc3c(c2)CCC3)o1. The molecule has 0 radical (unpaired) electrons. The third-order valence-electron chi connectivity index (χ3n) is 4.02. The number of fused-ring (bicyclic) bond motifs is 1. The van der Waals surface area contributed by atoms with Crippen molar-refractivity contribution in [2.75, 3.05) is 18.9 Å². The van der Waals surface area contributed by atoms with E-state index in [1.54, 1.807) is 0 Å². The number of furan rings is 1. The first-order valence-corrected chi connectivity index (χ1v) is 7.75. The van der Waals surface area contributed by atoms with Gasteiger partial charge in [0.25, 0.3) is 0 Å². The van der Waals surface area contributed by atoms with Gasteiger partial charge in [-0.1, -0.05) is 6.07 Å². The van der Waals surface area contributed by atoms with Gasteiger partial charge in [-0.05, 0) is 68.6 Å². The molecular formula is C18H22N2O2. The number of nitrogens with one attached hydrogen (secondary N) is 1. The number of amides is 1. The average molecular weight is 298 g/mol. The van der Waals surface area contributed by atoms with E-state index in [1.165, 1.54) is 17.5 Å². The molecule has 1 N–H and O–H groups in total. The maximum Gasteiger partial charge on any atom is 0.238 e. The van der Waals surface area contributed by atoms with Gasteiger partial charge in [0.05, 0.1) is 13.1 Å². The Balaban J connectivity index is 1.53. The lowest BCUT2D eigenvalue weighted by Crippen LogP contribution is -2.29. The molecule has 0 bridgehead atoms. The number of carbonyl (C=O) groups excluding carboxylic acids is 1. The van der Waals surface area contributed by atoms with Crippen LogP contribution in [-0.2, 0) is 24.2 Å². The Hall–Kier alpha value is -2.07. The molecule has 1 aliphatic rings. The van der Waals surface area contributed by atoms with E-state index in [0.29, 0.717) is 13.1 Å². The zero-order chi connectivity index (χ0) is 15.5. The lowest BCUT2D eigenvalue weighted by Gasteiger charge is -2.15. The fraction of sp³-hybridized carbons (Fsp3) is 0.389. The Morgan fingerprint density at radius 3 is 2.82 bits per heavy atom. The molecular weight excluding hydrogens is 276 g/mol. The molecule has 22 heavy (non-hydrogen) atoms. The molecule has 0 spiro atoms. The van der Waals surface area contributed by atoms with Gasteiger partial charge in [0, 0.05) is 5.69 Å². The average Bonchev–Trinajstić information content (AvgIpc) is 3.06. The summed E-state index contributed by atoms with van der Waals surface area (Å²) < 4.78 is 5.53. The standard InChI is InChI=1S/C18H22N2O2/c1-13-6-9-17(22-13)11-20(2)12-18(21)19-16-8-7-14-4-3-5-15(14)10-16/h6-10H,3-5,11-12H2,1-2H3,(H,19,21). The van der Waals surface area contributed by atoms with Crippen LogP contribution in [-0.4, -0.2) is 24.4 Å². The Bertz CT molecular complexity index is 675. The van der Waals surface area contributed by atoms with Gasteiger partial charge in [-0.25, -0.2) is 0 Å². The van der Waals surface area contributed by atoms with Crippen LogP contribution in [0.5, 0.6) is 0 Å². The van der Waals surface area contributed by atoms with E-state index < -0.39 is 0 Å². The van der Waals surface area contributed by atoms with E-state index >= 15 is 0 Å². The topological polar surface area (TPSA) is 45.5 Å². The number of rotatable bonds is 5. The molecule has 1 aromatic heterocycles. The highest BCUT2D eigenvalue weighted by Gasteiger charge is 2.13. The summed E-state index contributed by atoms with van der Waals surface area (Å²) in [5.41, 5.74) is 3.69. The maximum atomic E-state index is 12.1. The Morgan fingerprint density at radius 1 is 1.23 bits per heavy atom. The van der Waals surface area contributed by atoms with Gasteiger partial charge in [0.15, 0.2) is 0 Å². The second-order valence-corrected chi connectivity index (χ2v) is 6.07. The number of carbonyl (C=O) groups is 1. The van der Waals surface area contributed by atoms with E-state index in [1.807, 2.05) is 37.1 Å². The largest absolute Gasteiger partial charge is 0.465 e. The Morgan fingerprint density at radius 2 is 2.05 bits per heavy atom. The summed E-state index contributed by atoms with van der Waals surface area (Å²) in [6.45, 7) is 2.90. The highest BCUT2D eigenvalue weighted by molar-refractivity contribution is 5.92. The molecule has 0 saturated carbocycles. The van der Waals surface area contributed by atoms with Crippen molar-refractivity contribution in [1.29, 1.82) is 0 Å². The Kier molecular flexibility index (Phi) is 4.29. The second-order valence-electron chi connectivity index (χ2n) is 6.07. The van der Waals surface area contributed by atoms with Crippen molar-refractivity contribution < 1.29 is 9.21 Å². The minimum atomic E-state index is 0.00345. The van der Waals surface area contributed by atoms with Crippen molar-refractivity contribution >= 4 is 11.6 Å². The summed E-state index contributed by atoms with van der Waals surface area (Å²) in [7, 11) is 1.92. The van der Waals surface area contributed by atoms with E-state index in [0.717, 1.165) is 30.0 Å². The number of nitrogens with zero attached hydrogens (tertiary/aromatic N) is 1. The smallest absolute Gasteiger partial charge is 0.238 e. The molecule has 1 heterocycles. The first-order chi connectivity index (χ1) is 10.6. The third-order valence-corrected chi connectivity index (χ3v) is 4.02. The first kappa shape index (κ1) is 14.9. The number of hydrogen-bond acceptors (Lipinski definition) is 3. The zero-order valence-electron chi connectivity index (χ0n) is 13.2. The Labute approximate surface area is 131 Å². The van der Waals surface area contributed by atoms with Gasteiger partial charge >= 0.3 is 0 Å². The van der Waals surface area contributed by atoms with Gasteiger partial charge in [-0.3, -0.25) is 9.69 Å². The van der Waals surface area contributed by atoms with Gasteiger partial charge in [0.2, 0.25) is 5.91 Å². The van der Waals surface area contributed by atoms with Crippen LogP contribution in [0.15, 0.2) is 34.7 Å². The highest BCUT2D eigenvalue weighted by Crippen LogP contribution is 2.24. The highest BCUT2D eigenvalue weighted by atomic mass is 16.3. The van der Waals surface area contributed by atoms with E-state index in [9.17, 15) is 4.79 Å². The summed E-state index contributed by atoms with van der Waals surface area (Å²) in [5, 5.41) is 2.98. The number of benzene rings is 1. The monoisotopic (exact) mass is 298 g/mol. The molecule has 2 aromatic rings. The lowest BCUT2D eigenvalue weighted by atomic mass is 10.1.